The maximum absolute atomic E-state index is 11.8. The molecule has 1 amide bonds. The molecule has 0 saturated heterocycles. The number of nitro groups is 1. The number of hydrazone groups is 1. The number of amides is 1. The first kappa shape index (κ1) is 17.2. The van der Waals surface area contributed by atoms with Crippen LogP contribution in [0.1, 0.15) is 15.9 Å². The van der Waals surface area contributed by atoms with Crippen molar-refractivity contribution in [2.24, 2.45) is 5.10 Å². The molecule has 1 N–H and O–H groups in total. The summed E-state index contributed by atoms with van der Waals surface area (Å²) in [7, 11) is 0. The van der Waals surface area contributed by atoms with Gasteiger partial charge in [-0.05, 0) is 30.3 Å². The SMILES string of the molecule is O=C(N/N=C/c1cc([N+](=O)[O-])c(Cl)cc1Cl)c1ccc(Cl)cc1. The van der Waals surface area contributed by atoms with Crippen LogP contribution >= 0.6 is 34.8 Å². The zero-order chi connectivity index (χ0) is 17.0. The highest BCUT2D eigenvalue weighted by atomic mass is 35.5. The molecule has 0 aliphatic heterocycles. The number of hydrogen-bond donors (Lipinski definition) is 1. The van der Waals surface area contributed by atoms with Gasteiger partial charge in [0.2, 0.25) is 0 Å². The molecule has 2 aromatic rings. The summed E-state index contributed by atoms with van der Waals surface area (Å²) in [6, 6.07) is 8.62. The maximum Gasteiger partial charge on any atom is 0.288 e. The second kappa shape index (κ2) is 7.41. The van der Waals surface area contributed by atoms with Gasteiger partial charge >= 0.3 is 0 Å². The number of carbonyl (C=O) groups is 1. The first-order valence-electron chi connectivity index (χ1n) is 6.11. The highest BCUT2D eigenvalue weighted by Gasteiger charge is 2.15. The molecule has 0 aliphatic carbocycles. The Morgan fingerprint density at radius 2 is 1.78 bits per heavy atom. The van der Waals surface area contributed by atoms with Crippen molar-refractivity contribution < 1.29 is 9.72 Å². The number of halogens is 3. The number of nitrogens with zero attached hydrogens (tertiary/aromatic N) is 2. The lowest BCUT2D eigenvalue weighted by Gasteiger charge is -2.02. The molecule has 0 atom stereocenters. The predicted molar refractivity (Wildman–Crippen MR) is 89.6 cm³/mol. The molecule has 6 nitrogen and oxygen atoms in total. The molecule has 0 aromatic heterocycles. The fourth-order valence-electron chi connectivity index (χ4n) is 1.62. The van der Waals surface area contributed by atoms with Gasteiger partial charge in [-0.25, -0.2) is 5.43 Å². The summed E-state index contributed by atoms with van der Waals surface area (Å²) >= 11 is 17.4. The lowest BCUT2D eigenvalue weighted by Crippen LogP contribution is -2.17. The van der Waals surface area contributed by atoms with Crippen LogP contribution in [0.4, 0.5) is 5.69 Å². The third-order valence-electron chi connectivity index (χ3n) is 2.74. The molecule has 0 spiro atoms. The second-order valence-corrected chi connectivity index (χ2v) is 5.54. The van der Waals surface area contributed by atoms with Crippen molar-refractivity contribution in [3.63, 3.8) is 0 Å². The summed E-state index contributed by atoms with van der Waals surface area (Å²) in [5, 5.41) is 15.2. The Kier molecular flexibility index (Phi) is 5.54. The Balaban J connectivity index is 2.14. The molecule has 0 unspecified atom stereocenters. The average molecular weight is 373 g/mol. The molecule has 0 radical (unpaired) electrons. The van der Waals surface area contributed by atoms with E-state index in [0.717, 1.165) is 0 Å². The third kappa shape index (κ3) is 4.41. The van der Waals surface area contributed by atoms with Crippen LogP contribution in [0.5, 0.6) is 0 Å². The summed E-state index contributed by atoms with van der Waals surface area (Å²) in [5.41, 5.74) is 2.59. The molecule has 0 bridgehead atoms. The quantitative estimate of drug-likeness (QED) is 0.493. The fraction of sp³-hybridized carbons (Fsp3) is 0. The monoisotopic (exact) mass is 371 g/mol. The molecule has 118 valence electrons. The second-order valence-electron chi connectivity index (χ2n) is 4.29. The molecule has 0 heterocycles. The van der Waals surface area contributed by atoms with Gasteiger partial charge in [0, 0.05) is 22.2 Å². The summed E-state index contributed by atoms with van der Waals surface area (Å²) in [5.74, 6) is -0.461. The lowest BCUT2D eigenvalue weighted by molar-refractivity contribution is -0.384. The molecule has 0 saturated carbocycles. The standard InChI is InChI=1S/C14H8Cl3N3O3/c15-10-3-1-8(2-4-10)14(21)19-18-7-9-5-13(20(22)23)12(17)6-11(9)16/h1-7H,(H,19,21)/b18-7+. The van der Waals surface area contributed by atoms with Crippen LogP contribution in [-0.4, -0.2) is 17.0 Å². The van der Waals surface area contributed by atoms with Gasteiger partial charge in [0.05, 0.1) is 16.2 Å². The largest absolute Gasteiger partial charge is 0.288 e. The van der Waals surface area contributed by atoms with E-state index in [1.54, 1.807) is 12.1 Å². The highest BCUT2D eigenvalue weighted by molar-refractivity contribution is 6.37. The van der Waals surface area contributed by atoms with Crippen molar-refractivity contribution in [2.45, 2.75) is 0 Å². The van der Waals surface area contributed by atoms with Crippen LogP contribution in [-0.2, 0) is 0 Å². The van der Waals surface area contributed by atoms with Gasteiger partial charge in [-0.1, -0.05) is 34.8 Å². The summed E-state index contributed by atoms with van der Waals surface area (Å²) in [4.78, 5) is 22.0. The average Bonchev–Trinajstić information content (AvgIpc) is 2.49. The first-order valence-corrected chi connectivity index (χ1v) is 7.24. The number of carbonyl (C=O) groups excluding carboxylic acids is 1. The molecule has 0 fully saturated rings. The highest BCUT2D eigenvalue weighted by Crippen LogP contribution is 2.29. The maximum atomic E-state index is 11.8. The van der Waals surface area contributed by atoms with Gasteiger partial charge < -0.3 is 0 Å². The van der Waals surface area contributed by atoms with E-state index in [4.69, 9.17) is 34.8 Å². The number of nitro benzene ring substituents is 1. The Bertz CT molecular complexity index is 792. The first-order chi connectivity index (χ1) is 10.9. The molecule has 0 aliphatic rings. The van der Waals surface area contributed by atoms with Crippen LogP contribution in [0.25, 0.3) is 0 Å². The molecular formula is C14H8Cl3N3O3. The summed E-state index contributed by atoms with van der Waals surface area (Å²) < 4.78 is 0. The van der Waals surface area contributed by atoms with E-state index in [1.807, 2.05) is 0 Å². The Morgan fingerprint density at radius 1 is 1.13 bits per heavy atom. The minimum absolute atomic E-state index is 0.0812. The van der Waals surface area contributed by atoms with Gasteiger partial charge in [0.1, 0.15) is 5.02 Å². The van der Waals surface area contributed by atoms with Gasteiger partial charge in [0.15, 0.2) is 0 Å². The zero-order valence-corrected chi connectivity index (χ0v) is 13.6. The van der Waals surface area contributed by atoms with Gasteiger partial charge in [0.25, 0.3) is 11.6 Å². The van der Waals surface area contributed by atoms with Crippen LogP contribution in [0.15, 0.2) is 41.5 Å². The van der Waals surface area contributed by atoms with Crippen LogP contribution in [0.3, 0.4) is 0 Å². The fourth-order valence-corrected chi connectivity index (χ4v) is 2.25. The van der Waals surface area contributed by atoms with Crippen LogP contribution in [0.2, 0.25) is 15.1 Å². The van der Waals surface area contributed by atoms with Crippen molar-refractivity contribution in [2.75, 3.05) is 0 Å². The van der Waals surface area contributed by atoms with E-state index in [1.165, 1.54) is 30.5 Å². The van der Waals surface area contributed by atoms with Crippen molar-refractivity contribution in [3.05, 3.63) is 72.7 Å². The lowest BCUT2D eigenvalue weighted by atomic mass is 10.2. The molecule has 23 heavy (non-hydrogen) atoms. The summed E-state index contributed by atoms with van der Waals surface area (Å²) in [6.45, 7) is 0. The molecular weight excluding hydrogens is 365 g/mol. The van der Waals surface area contributed by atoms with Crippen molar-refractivity contribution in [1.82, 2.24) is 5.43 Å². The minimum Gasteiger partial charge on any atom is -0.267 e. The molecule has 2 rings (SSSR count). The number of benzene rings is 2. The van der Waals surface area contributed by atoms with E-state index >= 15 is 0 Å². The van der Waals surface area contributed by atoms with Crippen molar-refractivity contribution in [3.8, 4) is 0 Å². The number of nitrogens with one attached hydrogen (secondary N) is 1. The van der Waals surface area contributed by atoms with E-state index < -0.39 is 10.8 Å². The van der Waals surface area contributed by atoms with E-state index in [-0.39, 0.29) is 21.3 Å². The summed E-state index contributed by atoms with van der Waals surface area (Å²) in [6.07, 6.45) is 1.19. The number of hydrogen-bond acceptors (Lipinski definition) is 4. The molecule has 9 heteroatoms. The number of rotatable bonds is 4. The van der Waals surface area contributed by atoms with Crippen LogP contribution in [0, 0.1) is 10.1 Å². The smallest absolute Gasteiger partial charge is 0.267 e. The van der Waals surface area contributed by atoms with E-state index in [2.05, 4.69) is 10.5 Å². The van der Waals surface area contributed by atoms with Crippen LogP contribution < -0.4 is 5.43 Å². The molecule has 2 aromatic carbocycles. The van der Waals surface area contributed by atoms with E-state index in [9.17, 15) is 14.9 Å². The Morgan fingerprint density at radius 3 is 2.39 bits per heavy atom. The predicted octanol–water partition coefficient (Wildman–Crippen LogP) is 4.32. The van der Waals surface area contributed by atoms with Gasteiger partial charge in [-0.15, -0.1) is 0 Å². The topological polar surface area (TPSA) is 84.6 Å². The Labute approximate surface area is 145 Å². The Hall–Kier alpha value is -2.15. The minimum atomic E-state index is -0.637. The van der Waals surface area contributed by atoms with E-state index in [0.29, 0.717) is 10.6 Å². The van der Waals surface area contributed by atoms with Crippen molar-refractivity contribution >= 4 is 52.6 Å². The van der Waals surface area contributed by atoms with Gasteiger partial charge in [-0.2, -0.15) is 5.10 Å². The zero-order valence-electron chi connectivity index (χ0n) is 11.3. The van der Waals surface area contributed by atoms with Gasteiger partial charge in [-0.3, -0.25) is 14.9 Å². The normalized spacial score (nSPS) is 10.7. The van der Waals surface area contributed by atoms with Crippen molar-refractivity contribution in [1.29, 1.82) is 0 Å². The third-order valence-corrected chi connectivity index (χ3v) is 3.62.